The first-order valence-electron chi connectivity index (χ1n) is 5.27. The number of anilines is 2. The van der Waals surface area contributed by atoms with Crippen LogP contribution in [0.1, 0.15) is 5.56 Å². The second-order valence-corrected chi connectivity index (χ2v) is 4.63. The van der Waals surface area contributed by atoms with Crippen molar-refractivity contribution in [3.05, 3.63) is 58.3 Å². The van der Waals surface area contributed by atoms with Crippen LogP contribution in [0.5, 0.6) is 0 Å². The van der Waals surface area contributed by atoms with E-state index in [1.165, 1.54) is 6.07 Å². The third-order valence-corrected chi connectivity index (χ3v) is 3.09. The Morgan fingerprint density at radius 3 is 2.16 bits per heavy atom. The molecular formula is C13H8BrF4N. The first-order valence-corrected chi connectivity index (χ1v) is 6.06. The van der Waals surface area contributed by atoms with E-state index >= 15 is 0 Å². The Kier molecular flexibility index (Phi) is 3.80. The monoisotopic (exact) mass is 333 g/mol. The van der Waals surface area contributed by atoms with E-state index in [9.17, 15) is 17.6 Å². The lowest BCUT2D eigenvalue weighted by Crippen LogP contribution is -2.11. The van der Waals surface area contributed by atoms with Gasteiger partial charge in [0.05, 0.1) is 5.69 Å². The Bertz CT molecular complexity index is 581. The second-order valence-electron chi connectivity index (χ2n) is 3.77. The number of alkyl halides is 3. The number of halogens is 5. The molecule has 1 nitrogen and oxygen atoms in total. The van der Waals surface area contributed by atoms with Gasteiger partial charge in [-0.25, -0.2) is 4.39 Å². The highest BCUT2D eigenvalue weighted by Gasteiger charge is 2.37. The Morgan fingerprint density at radius 2 is 1.58 bits per heavy atom. The normalized spacial score (nSPS) is 11.4. The summed E-state index contributed by atoms with van der Waals surface area (Å²) in [6.45, 7) is 0. The molecule has 19 heavy (non-hydrogen) atoms. The fourth-order valence-corrected chi connectivity index (χ4v) is 2.12. The summed E-state index contributed by atoms with van der Waals surface area (Å²) in [5, 5.41) is 2.62. The minimum atomic E-state index is -4.75. The van der Waals surface area contributed by atoms with Gasteiger partial charge in [0.15, 0.2) is 5.82 Å². The highest BCUT2D eigenvalue weighted by Crippen LogP contribution is 2.39. The maximum Gasteiger partial charge on any atom is 0.420 e. The van der Waals surface area contributed by atoms with E-state index in [0.29, 0.717) is 5.69 Å². The van der Waals surface area contributed by atoms with Crippen molar-refractivity contribution in [1.29, 1.82) is 0 Å². The molecule has 100 valence electrons. The van der Waals surface area contributed by atoms with E-state index in [2.05, 4.69) is 21.2 Å². The highest BCUT2D eigenvalue weighted by atomic mass is 79.9. The van der Waals surface area contributed by atoms with Crippen LogP contribution in [0.15, 0.2) is 46.9 Å². The van der Waals surface area contributed by atoms with E-state index in [-0.39, 0.29) is 10.2 Å². The van der Waals surface area contributed by atoms with Crippen LogP contribution in [0.2, 0.25) is 0 Å². The van der Waals surface area contributed by atoms with Crippen molar-refractivity contribution in [2.75, 3.05) is 5.32 Å². The fourth-order valence-electron chi connectivity index (χ4n) is 1.59. The molecule has 0 aliphatic heterocycles. The summed E-state index contributed by atoms with van der Waals surface area (Å²) < 4.78 is 51.8. The van der Waals surface area contributed by atoms with Crippen LogP contribution in [-0.4, -0.2) is 0 Å². The third kappa shape index (κ3) is 3.07. The Labute approximate surface area is 115 Å². The van der Waals surface area contributed by atoms with Crippen LogP contribution in [-0.2, 0) is 6.18 Å². The SMILES string of the molecule is Fc1c(Nc2ccccc2)ccc(Br)c1C(F)(F)F. The van der Waals surface area contributed by atoms with Crippen LogP contribution in [0.3, 0.4) is 0 Å². The van der Waals surface area contributed by atoms with Gasteiger partial charge in [-0.2, -0.15) is 13.2 Å². The first-order chi connectivity index (χ1) is 8.89. The highest BCUT2D eigenvalue weighted by molar-refractivity contribution is 9.10. The standard InChI is InChI=1S/C13H8BrF4N/c14-9-6-7-10(12(15)11(9)13(16,17)18)19-8-4-2-1-3-5-8/h1-7,19H. The van der Waals surface area contributed by atoms with E-state index < -0.39 is 17.6 Å². The molecule has 0 aliphatic rings. The van der Waals surface area contributed by atoms with Crippen molar-refractivity contribution in [2.24, 2.45) is 0 Å². The predicted molar refractivity (Wildman–Crippen MR) is 68.8 cm³/mol. The van der Waals surface area contributed by atoms with Crippen LogP contribution < -0.4 is 5.32 Å². The second kappa shape index (κ2) is 5.21. The van der Waals surface area contributed by atoms with Crippen LogP contribution >= 0.6 is 15.9 Å². The van der Waals surface area contributed by atoms with Gasteiger partial charge in [-0.3, -0.25) is 0 Å². The van der Waals surface area contributed by atoms with Crippen molar-refractivity contribution in [3.8, 4) is 0 Å². The molecule has 1 N–H and O–H groups in total. The average Bonchev–Trinajstić information content (AvgIpc) is 2.32. The average molecular weight is 334 g/mol. The molecule has 6 heteroatoms. The van der Waals surface area contributed by atoms with Gasteiger partial charge in [0, 0.05) is 10.2 Å². The smallest absolute Gasteiger partial charge is 0.353 e. The quantitative estimate of drug-likeness (QED) is 0.730. The molecule has 0 atom stereocenters. The zero-order valence-electron chi connectivity index (χ0n) is 9.43. The topological polar surface area (TPSA) is 12.0 Å². The number of benzene rings is 2. The van der Waals surface area contributed by atoms with Crippen molar-refractivity contribution in [3.63, 3.8) is 0 Å². The Morgan fingerprint density at radius 1 is 0.947 bits per heavy atom. The van der Waals surface area contributed by atoms with Gasteiger partial charge in [-0.05, 0) is 24.3 Å². The number of nitrogens with one attached hydrogen (secondary N) is 1. The summed E-state index contributed by atoms with van der Waals surface area (Å²) >= 11 is 2.71. The zero-order valence-corrected chi connectivity index (χ0v) is 11.0. The molecule has 0 unspecified atom stereocenters. The molecule has 0 fully saturated rings. The Balaban J connectivity index is 2.44. The van der Waals surface area contributed by atoms with Crippen LogP contribution in [0.4, 0.5) is 28.9 Å². The number of para-hydroxylation sites is 1. The molecule has 2 aromatic carbocycles. The summed E-state index contributed by atoms with van der Waals surface area (Å²) in [5.41, 5.74) is -1.02. The third-order valence-electron chi connectivity index (χ3n) is 2.43. The summed E-state index contributed by atoms with van der Waals surface area (Å²) in [6, 6.07) is 10.8. The minimum absolute atomic E-state index is 0.221. The summed E-state index contributed by atoms with van der Waals surface area (Å²) in [5.74, 6) is -1.33. The molecular weight excluding hydrogens is 326 g/mol. The summed E-state index contributed by atoms with van der Waals surface area (Å²) in [4.78, 5) is 0. The number of hydrogen-bond acceptors (Lipinski definition) is 1. The van der Waals surface area contributed by atoms with E-state index in [4.69, 9.17) is 0 Å². The largest absolute Gasteiger partial charge is 0.420 e. The number of rotatable bonds is 2. The van der Waals surface area contributed by atoms with Gasteiger partial charge in [-0.1, -0.05) is 34.1 Å². The first kappa shape index (κ1) is 13.9. The van der Waals surface area contributed by atoms with Crippen molar-refractivity contribution in [1.82, 2.24) is 0 Å². The van der Waals surface area contributed by atoms with E-state index in [1.807, 2.05) is 0 Å². The number of hydrogen-bond donors (Lipinski definition) is 1. The van der Waals surface area contributed by atoms with Gasteiger partial charge >= 0.3 is 6.18 Å². The maximum atomic E-state index is 13.9. The molecule has 0 bridgehead atoms. The maximum absolute atomic E-state index is 13.9. The molecule has 0 heterocycles. The molecule has 0 amide bonds. The minimum Gasteiger partial charge on any atom is -0.353 e. The van der Waals surface area contributed by atoms with Gasteiger partial charge < -0.3 is 5.32 Å². The molecule has 0 saturated heterocycles. The lowest BCUT2D eigenvalue weighted by atomic mass is 10.1. The van der Waals surface area contributed by atoms with E-state index in [0.717, 1.165) is 6.07 Å². The predicted octanol–water partition coefficient (Wildman–Crippen LogP) is 5.35. The Hall–Kier alpha value is -1.56. The molecule has 0 aromatic heterocycles. The van der Waals surface area contributed by atoms with Crippen molar-refractivity contribution >= 4 is 27.3 Å². The fraction of sp³-hybridized carbons (Fsp3) is 0.0769. The van der Waals surface area contributed by atoms with Gasteiger partial charge in [0.1, 0.15) is 5.56 Å². The zero-order chi connectivity index (χ0) is 14.0. The molecule has 2 rings (SSSR count). The molecule has 2 aromatic rings. The summed E-state index contributed by atoms with van der Waals surface area (Å²) in [6.07, 6.45) is -4.75. The summed E-state index contributed by atoms with van der Waals surface area (Å²) in [7, 11) is 0. The van der Waals surface area contributed by atoms with Gasteiger partial charge in [0.2, 0.25) is 0 Å². The van der Waals surface area contributed by atoms with Crippen molar-refractivity contribution < 1.29 is 17.6 Å². The van der Waals surface area contributed by atoms with Crippen molar-refractivity contribution in [2.45, 2.75) is 6.18 Å². The molecule has 0 spiro atoms. The van der Waals surface area contributed by atoms with Gasteiger partial charge in [0.25, 0.3) is 0 Å². The van der Waals surface area contributed by atoms with Crippen LogP contribution in [0.25, 0.3) is 0 Å². The van der Waals surface area contributed by atoms with E-state index in [1.54, 1.807) is 30.3 Å². The van der Waals surface area contributed by atoms with Gasteiger partial charge in [-0.15, -0.1) is 0 Å². The molecule has 0 saturated carbocycles. The lowest BCUT2D eigenvalue weighted by molar-refractivity contribution is -0.140. The molecule has 0 aliphatic carbocycles. The van der Waals surface area contributed by atoms with Crippen LogP contribution in [0, 0.1) is 5.82 Å². The lowest BCUT2D eigenvalue weighted by Gasteiger charge is -2.14. The molecule has 0 radical (unpaired) electrons.